The van der Waals surface area contributed by atoms with E-state index in [1.54, 1.807) is 6.92 Å². The molecular formula is C27H30F2O3S. The highest BCUT2D eigenvalue weighted by atomic mass is 32.1. The molecule has 0 bridgehead atoms. The molecular weight excluding hydrogens is 442 g/mol. The first kappa shape index (κ1) is 24.9. The summed E-state index contributed by atoms with van der Waals surface area (Å²) in [5.74, 6) is -0.488. The van der Waals surface area contributed by atoms with Crippen LogP contribution in [0.15, 0.2) is 42.5 Å². The van der Waals surface area contributed by atoms with Crippen molar-refractivity contribution < 1.29 is 23.4 Å². The molecule has 1 heterocycles. The molecule has 0 spiro atoms. The van der Waals surface area contributed by atoms with Crippen LogP contribution in [0.5, 0.6) is 5.75 Å². The lowest BCUT2D eigenvalue weighted by Crippen LogP contribution is -2.14. The third-order valence-corrected chi connectivity index (χ3v) is 6.72. The molecule has 3 nitrogen and oxygen atoms in total. The van der Waals surface area contributed by atoms with Gasteiger partial charge in [0.25, 0.3) is 6.43 Å². The summed E-state index contributed by atoms with van der Waals surface area (Å²) in [5.41, 5.74) is 4.26. The van der Waals surface area contributed by atoms with Crippen LogP contribution < -0.4 is 4.74 Å². The Morgan fingerprint density at radius 3 is 2.52 bits per heavy atom. The summed E-state index contributed by atoms with van der Waals surface area (Å²) in [6, 6.07) is 12.0. The molecule has 0 aliphatic rings. The molecule has 0 saturated carbocycles. The highest BCUT2D eigenvalue weighted by molar-refractivity contribution is 7.20. The molecule has 0 aliphatic heterocycles. The maximum Gasteiger partial charge on any atom is 0.328 e. The number of ether oxygens (including phenoxy) is 1. The van der Waals surface area contributed by atoms with Gasteiger partial charge in [-0.1, -0.05) is 52.3 Å². The molecule has 0 radical (unpaired) electrons. The average Bonchev–Trinajstić information content (AvgIpc) is 3.16. The molecule has 176 valence electrons. The van der Waals surface area contributed by atoms with Gasteiger partial charge in [-0.25, -0.2) is 13.6 Å². The number of allylic oxidation sites excluding steroid dienone is 1. The second kappa shape index (κ2) is 10.0. The fourth-order valence-electron chi connectivity index (χ4n) is 3.84. The van der Waals surface area contributed by atoms with E-state index < -0.39 is 19.0 Å². The number of hydrogen-bond donors (Lipinski definition) is 1. The van der Waals surface area contributed by atoms with Crippen molar-refractivity contribution in [3.63, 3.8) is 0 Å². The van der Waals surface area contributed by atoms with Crippen LogP contribution in [0.1, 0.15) is 57.0 Å². The van der Waals surface area contributed by atoms with E-state index >= 15 is 0 Å². The van der Waals surface area contributed by atoms with Crippen LogP contribution in [-0.2, 0) is 16.6 Å². The molecule has 6 heteroatoms. The van der Waals surface area contributed by atoms with E-state index in [-0.39, 0.29) is 5.41 Å². The number of carboxylic acid groups (broad SMARTS) is 1. The summed E-state index contributed by atoms with van der Waals surface area (Å²) in [4.78, 5) is 12.0. The van der Waals surface area contributed by atoms with E-state index in [9.17, 15) is 13.6 Å². The van der Waals surface area contributed by atoms with Crippen LogP contribution in [0.3, 0.4) is 0 Å². The second-order valence-corrected chi connectivity index (χ2v) is 10.3. The molecule has 33 heavy (non-hydrogen) atoms. The molecule has 0 aliphatic carbocycles. The number of hydrogen-bond acceptors (Lipinski definition) is 3. The minimum absolute atomic E-state index is 0.132. The number of benzene rings is 2. The van der Waals surface area contributed by atoms with Crippen LogP contribution in [0.4, 0.5) is 8.78 Å². The Morgan fingerprint density at radius 1 is 1.18 bits per heavy atom. The van der Waals surface area contributed by atoms with Crippen molar-refractivity contribution in [1.29, 1.82) is 0 Å². The Bertz CT molecular complexity index is 1190. The first-order valence-electron chi connectivity index (χ1n) is 11.0. The Labute approximate surface area is 197 Å². The largest absolute Gasteiger partial charge is 0.487 e. The minimum Gasteiger partial charge on any atom is -0.487 e. The summed E-state index contributed by atoms with van der Waals surface area (Å²) in [7, 11) is 0. The number of rotatable bonds is 8. The van der Waals surface area contributed by atoms with Gasteiger partial charge in [0.05, 0.1) is 0 Å². The molecule has 0 amide bonds. The zero-order valence-electron chi connectivity index (χ0n) is 19.7. The lowest BCUT2D eigenvalue weighted by atomic mass is 9.83. The first-order valence-corrected chi connectivity index (χ1v) is 11.9. The molecule has 3 rings (SSSR count). The monoisotopic (exact) mass is 472 g/mol. The van der Waals surface area contributed by atoms with Gasteiger partial charge in [-0.05, 0) is 59.2 Å². The van der Waals surface area contributed by atoms with Gasteiger partial charge in [-0.3, -0.25) is 0 Å². The number of alkyl halides is 2. The Kier molecular flexibility index (Phi) is 7.58. The van der Waals surface area contributed by atoms with Gasteiger partial charge >= 0.3 is 5.97 Å². The zero-order valence-corrected chi connectivity index (χ0v) is 20.5. The van der Waals surface area contributed by atoms with Gasteiger partial charge < -0.3 is 9.84 Å². The predicted molar refractivity (Wildman–Crippen MR) is 133 cm³/mol. The number of aliphatic carboxylic acids is 1. The second-order valence-electron chi connectivity index (χ2n) is 9.21. The van der Waals surface area contributed by atoms with E-state index in [4.69, 9.17) is 9.84 Å². The lowest BCUT2D eigenvalue weighted by Gasteiger charge is -2.24. The summed E-state index contributed by atoms with van der Waals surface area (Å²) in [5, 5.41) is 10.1. The normalized spacial score (nSPS) is 12.5. The molecule has 0 atom stereocenters. The van der Waals surface area contributed by atoms with Gasteiger partial charge in [-0.2, -0.15) is 0 Å². The summed E-state index contributed by atoms with van der Waals surface area (Å²) < 4.78 is 32.9. The number of thiophene rings is 1. The number of carbonyl (C=O) groups is 1. The Balaban J connectivity index is 2.30. The molecule has 0 unspecified atom stereocenters. The van der Waals surface area contributed by atoms with Gasteiger partial charge in [-0.15, -0.1) is 11.3 Å². The maximum atomic E-state index is 13.1. The number of carboxylic acids is 1. The number of fused-ring (bicyclic) bond motifs is 1. The standard InChI is InChI=1S/C27H30F2O3S/c1-6-8-17-12-18(27(3,4)5)13-21(26(17)32-15-24(28)29)19-9-7-10-22-20(19)14-23(33-22)16(2)11-25(30)31/h7,9-14,24H,6,8,15H2,1-5H3,(H,30,31). The molecule has 1 aromatic heterocycles. The highest BCUT2D eigenvalue weighted by Crippen LogP contribution is 2.43. The number of halogens is 2. The van der Waals surface area contributed by atoms with E-state index in [0.717, 1.165) is 50.1 Å². The topological polar surface area (TPSA) is 46.5 Å². The zero-order chi connectivity index (χ0) is 24.3. The van der Waals surface area contributed by atoms with Crippen molar-refractivity contribution in [3.05, 3.63) is 58.5 Å². The molecule has 0 saturated heterocycles. The van der Waals surface area contributed by atoms with Crippen molar-refractivity contribution >= 4 is 33.0 Å². The maximum absolute atomic E-state index is 13.1. The van der Waals surface area contributed by atoms with Gasteiger partial charge in [0.15, 0.2) is 0 Å². The van der Waals surface area contributed by atoms with Gasteiger partial charge in [0.2, 0.25) is 0 Å². The van der Waals surface area contributed by atoms with E-state index in [1.807, 2.05) is 30.3 Å². The summed E-state index contributed by atoms with van der Waals surface area (Å²) in [6.45, 7) is 9.56. The smallest absolute Gasteiger partial charge is 0.328 e. The van der Waals surface area contributed by atoms with Crippen LogP contribution in [0, 0.1) is 0 Å². The molecule has 3 aromatic rings. The van der Waals surface area contributed by atoms with E-state index in [2.05, 4.69) is 33.8 Å². The van der Waals surface area contributed by atoms with Gasteiger partial charge in [0.1, 0.15) is 12.4 Å². The van der Waals surface area contributed by atoms with Crippen LogP contribution in [0.2, 0.25) is 0 Å². The lowest BCUT2D eigenvalue weighted by molar-refractivity contribution is -0.131. The summed E-state index contributed by atoms with van der Waals surface area (Å²) in [6.07, 6.45) is 0.216. The van der Waals surface area contributed by atoms with Crippen LogP contribution in [-0.4, -0.2) is 24.1 Å². The highest BCUT2D eigenvalue weighted by Gasteiger charge is 2.22. The van der Waals surface area contributed by atoms with Crippen molar-refractivity contribution in [2.75, 3.05) is 6.61 Å². The van der Waals surface area contributed by atoms with Crippen molar-refractivity contribution in [2.45, 2.75) is 59.3 Å². The average molecular weight is 473 g/mol. The molecule has 2 aromatic carbocycles. The third-order valence-electron chi connectivity index (χ3n) is 5.49. The van der Waals surface area contributed by atoms with Crippen LogP contribution in [0.25, 0.3) is 26.8 Å². The third kappa shape index (κ3) is 5.80. The Morgan fingerprint density at radius 2 is 1.91 bits per heavy atom. The molecule has 0 fully saturated rings. The molecule has 1 N–H and O–H groups in total. The quantitative estimate of drug-likeness (QED) is 0.338. The number of aryl methyl sites for hydroxylation is 1. The van der Waals surface area contributed by atoms with E-state index in [1.165, 1.54) is 17.4 Å². The van der Waals surface area contributed by atoms with Crippen LogP contribution >= 0.6 is 11.3 Å². The summed E-state index contributed by atoms with van der Waals surface area (Å²) >= 11 is 1.51. The fourth-order valence-corrected chi connectivity index (χ4v) is 4.90. The van der Waals surface area contributed by atoms with Crippen molar-refractivity contribution in [3.8, 4) is 16.9 Å². The minimum atomic E-state index is -2.57. The Hall–Kier alpha value is -2.73. The fraction of sp³-hybridized carbons (Fsp3) is 0.370. The van der Waals surface area contributed by atoms with Crippen molar-refractivity contribution in [2.24, 2.45) is 0 Å². The van der Waals surface area contributed by atoms with E-state index in [0.29, 0.717) is 11.3 Å². The SMILES string of the molecule is CCCc1cc(C(C)(C)C)cc(-c2cccc3sc(C(C)=CC(=O)O)cc23)c1OCC(F)F. The first-order chi connectivity index (χ1) is 15.5. The predicted octanol–water partition coefficient (Wildman–Crippen LogP) is 7.95. The van der Waals surface area contributed by atoms with Gasteiger partial charge in [0, 0.05) is 26.6 Å². The van der Waals surface area contributed by atoms with Crippen molar-refractivity contribution in [1.82, 2.24) is 0 Å².